The van der Waals surface area contributed by atoms with E-state index in [-0.39, 0.29) is 0 Å². The van der Waals surface area contributed by atoms with Crippen molar-refractivity contribution in [2.75, 3.05) is 13.2 Å². The van der Waals surface area contributed by atoms with E-state index < -0.39 is 0 Å². The first-order valence-electron chi connectivity index (χ1n) is 7.51. The summed E-state index contributed by atoms with van der Waals surface area (Å²) in [7, 11) is 0. The van der Waals surface area contributed by atoms with Crippen LogP contribution in [0.1, 0.15) is 52.1 Å². The van der Waals surface area contributed by atoms with Crippen LogP contribution in [0.25, 0.3) is 0 Å². The molecule has 0 aromatic carbocycles. The van der Waals surface area contributed by atoms with E-state index in [0.29, 0.717) is 5.92 Å². The molecule has 1 N–H and O–H groups in total. The Morgan fingerprint density at radius 2 is 2.05 bits per heavy atom. The van der Waals surface area contributed by atoms with Gasteiger partial charge in [-0.3, -0.25) is 0 Å². The van der Waals surface area contributed by atoms with Crippen molar-refractivity contribution >= 4 is 0 Å². The molecule has 108 valence electrons. The first-order chi connectivity index (χ1) is 9.22. The average Bonchev–Trinajstić information content (AvgIpc) is 2.39. The Balaban J connectivity index is 2.27. The molecule has 0 amide bonds. The lowest BCUT2D eigenvalue weighted by molar-refractivity contribution is 0.293. The number of nitrogens with one attached hydrogen (secondary N) is 1. The van der Waals surface area contributed by atoms with Crippen LogP contribution in [0.5, 0.6) is 5.88 Å². The second-order valence-electron chi connectivity index (χ2n) is 5.40. The molecule has 0 radical (unpaired) electrons. The summed E-state index contributed by atoms with van der Waals surface area (Å²) < 4.78 is 5.68. The van der Waals surface area contributed by atoms with E-state index in [1.807, 2.05) is 18.2 Å². The Kier molecular flexibility index (Phi) is 8.23. The number of hydrogen-bond donors (Lipinski definition) is 1. The molecule has 0 aliphatic rings. The summed E-state index contributed by atoms with van der Waals surface area (Å²) in [5.41, 5.74) is 1.05. The maximum Gasteiger partial charge on any atom is 0.213 e. The number of unbranched alkanes of at least 4 members (excludes halogenated alkanes) is 3. The van der Waals surface area contributed by atoms with Gasteiger partial charge in [-0.2, -0.15) is 0 Å². The summed E-state index contributed by atoms with van der Waals surface area (Å²) in [5, 5.41) is 3.39. The number of hydrogen-bond acceptors (Lipinski definition) is 3. The number of rotatable bonds is 10. The van der Waals surface area contributed by atoms with Gasteiger partial charge in [0.05, 0.1) is 12.3 Å². The fourth-order valence-electron chi connectivity index (χ4n) is 1.83. The largest absolute Gasteiger partial charge is 0.478 e. The van der Waals surface area contributed by atoms with Crippen LogP contribution in [0.4, 0.5) is 0 Å². The molecule has 0 bridgehead atoms. The zero-order valence-corrected chi connectivity index (χ0v) is 12.6. The van der Waals surface area contributed by atoms with Crippen molar-refractivity contribution in [3.8, 4) is 5.88 Å². The van der Waals surface area contributed by atoms with E-state index in [1.165, 1.54) is 19.3 Å². The van der Waals surface area contributed by atoms with Crippen LogP contribution in [0.15, 0.2) is 18.2 Å². The van der Waals surface area contributed by atoms with Gasteiger partial charge < -0.3 is 10.1 Å². The van der Waals surface area contributed by atoms with Gasteiger partial charge in [-0.05, 0) is 24.9 Å². The summed E-state index contributed by atoms with van der Waals surface area (Å²) in [6.07, 6.45) is 4.91. The van der Waals surface area contributed by atoms with Gasteiger partial charge in [0.2, 0.25) is 5.88 Å². The van der Waals surface area contributed by atoms with E-state index in [4.69, 9.17) is 4.74 Å². The molecule has 0 fully saturated rings. The van der Waals surface area contributed by atoms with E-state index in [1.54, 1.807) is 0 Å². The van der Waals surface area contributed by atoms with E-state index in [9.17, 15) is 0 Å². The summed E-state index contributed by atoms with van der Waals surface area (Å²) in [4.78, 5) is 4.50. The molecule has 0 unspecified atom stereocenters. The topological polar surface area (TPSA) is 34.1 Å². The monoisotopic (exact) mass is 264 g/mol. The highest BCUT2D eigenvalue weighted by atomic mass is 16.5. The van der Waals surface area contributed by atoms with Crippen molar-refractivity contribution < 1.29 is 4.74 Å². The minimum Gasteiger partial charge on any atom is -0.478 e. The summed E-state index contributed by atoms with van der Waals surface area (Å²) in [6, 6.07) is 5.99. The van der Waals surface area contributed by atoms with Crippen LogP contribution < -0.4 is 10.1 Å². The first-order valence-corrected chi connectivity index (χ1v) is 7.51. The van der Waals surface area contributed by atoms with Gasteiger partial charge in [0.25, 0.3) is 0 Å². The molecule has 1 heterocycles. The van der Waals surface area contributed by atoms with E-state index >= 15 is 0 Å². The molecule has 3 heteroatoms. The van der Waals surface area contributed by atoms with Crippen LogP contribution >= 0.6 is 0 Å². The summed E-state index contributed by atoms with van der Waals surface area (Å²) in [6.45, 7) is 9.23. The Labute approximate surface area is 117 Å². The third-order valence-electron chi connectivity index (χ3n) is 2.89. The van der Waals surface area contributed by atoms with Gasteiger partial charge in [-0.1, -0.05) is 46.1 Å². The molecule has 19 heavy (non-hydrogen) atoms. The van der Waals surface area contributed by atoms with Crippen molar-refractivity contribution in [1.82, 2.24) is 10.3 Å². The maximum atomic E-state index is 5.68. The molecule has 1 aromatic rings. The SMILES string of the molecule is CCCCCCOc1cccc(CNCC(C)C)n1. The van der Waals surface area contributed by atoms with E-state index in [2.05, 4.69) is 31.1 Å². The van der Waals surface area contributed by atoms with Gasteiger partial charge in [0.15, 0.2) is 0 Å². The fourth-order valence-corrected chi connectivity index (χ4v) is 1.83. The smallest absolute Gasteiger partial charge is 0.213 e. The molecule has 0 spiro atoms. The van der Waals surface area contributed by atoms with Gasteiger partial charge >= 0.3 is 0 Å². The predicted octanol–water partition coefficient (Wildman–Crippen LogP) is 3.79. The lowest BCUT2D eigenvalue weighted by Gasteiger charge is -2.09. The maximum absolute atomic E-state index is 5.68. The van der Waals surface area contributed by atoms with Crippen LogP contribution in [-0.4, -0.2) is 18.1 Å². The number of nitrogens with zero attached hydrogens (tertiary/aromatic N) is 1. The molecular formula is C16H28N2O. The summed E-state index contributed by atoms with van der Waals surface area (Å²) >= 11 is 0. The van der Waals surface area contributed by atoms with Crippen LogP contribution in [0.3, 0.4) is 0 Å². The molecule has 1 aromatic heterocycles. The molecule has 0 saturated heterocycles. The highest BCUT2D eigenvalue weighted by Crippen LogP contribution is 2.09. The Bertz CT molecular complexity index is 339. The standard InChI is InChI=1S/C16H28N2O/c1-4-5-6-7-11-19-16-10-8-9-15(18-16)13-17-12-14(2)3/h8-10,14,17H,4-7,11-13H2,1-3H3. The van der Waals surface area contributed by atoms with Crippen molar-refractivity contribution in [2.45, 2.75) is 53.0 Å². The van der Waals surface area contributed by atoms with Crippen molar-refractivity contribution in [3.05, 3.63) is 23.9 Å². The van der Waals surface area contributed by atoms with Crippen LogP contribution in [-0.2, 0) is 6.54 Å². The number of pyridine rings is 1. The van der Waals surface area contributed by atoms with Crippen molar-refractivity contribution in [1.29, 1.82) is 0 Å². The molecule has 0 aliphatic carbocycles. The zero-order chi connectivity index (χ0) is 13.9. The second kappa shape index (κ2) is 9.79. The molecule has 1 rings (SSSR count). The highest BCUT2D eigenvalue weighted by Gasteiger charge is 2.00. The molecule has 0 aliphatic heterocycles. The van der Waals surface area contributed by atoms with Gasteiger partial charge in [0, 0.05) is 12.6 Å². The lowest BCUT2D eigenvalue weighted by atomic mass is 10.2. The molecule has 0 saturated carbocycles. The fraction of sp³-hybridized carbons (Fsp3) is 0.688. The highest BCUT2D eigenvalue weighted by molar-refractivity contribution is 5.15. The average molecular weight is 264 g/mol. The van der Waals surface area contributed by atoms with Gasteiger partial charge in [0.1, 0.15) is 0 Å². The Hall–Kier alpha value is -1.09. The van der Waals surface area contributed by atoms with E-state index in [0.717, 1.165) is 37.7 Å². The Morgan fingerprint density at radius 3 is 2.79 bits per heavy atom. The minimum atomic E-state index is 0.665. The van der Waals surface area contributed by atoms with Crippen molar-refractivity contribution in [2.24, 2.45) is 5.92 Å². The molecule has 0 atom stereocenters. The number of aromatic nitrogens is 1. The van der Waals surface area contributed by atoms with Crippen molar-refractivity contribution in [3.63, 3.8) is 0 Å². The van der Waals surface area contributed by atoms with Crippen LogP contribution in [0, 0.1) is 5.92 Å². The lowest BCUT2D eigenvalue weighted by Crippen LogP contribution is -2.19. The second-order valence-corrected chi connectivity index (χ2v) is 5.40. The number of ether oxygens (including phenoxy) is 1. The molecule has 3 nitrogen and oxygen atoms in total. The van der Waals surface area contributed by atoms with Gasteiger partial charge in [-0.25, -0.2) is 4.98 Å². The van der Waals surface area contributed by atoms with Gasteiger partial charge in [-0.15, -0.1) is 0 Å². The minimum absolute atomic E-state index is 0.665. The summed E-state index contributed by atoms with van der Waals surface area (Å²) in [5.74, 6) is 1.42. The van der Waals surface area contributed by atoms with Crippen LogP contribution in [0.2, 0.25) is 0 Å². The Morgan fingerprint density at radius 1 is 1.21 bits per heavy atom. The quantitative estimate of drug-likeness (QED) is 0.653. The zero-order valence-electron chi connectivity index (χ0n) is 12.6. The normalized spacial score (nSPS) is 10.9. The first kappa shape index (κ1) is 16.0. The third kappa shape index (κ3) is 7.83. The predicted molar refractivity (Wildman–Crippen MR) is 80.4 cm³/mol. The third-order valence-corrected chi connectivity index (χ3v) is 2.89. The molecular weight excluding hydrogens is 236 g/mol.